The van der Waals surface area contributed by atoms with E-state index >= 15 is 0 Å². The Morgan fingerprint density at radius 3 is 2.44 bits per heavy atom. The third kappa shape index (κ3) is 3.55. The number of thiazole rings is 1. The van der Waals surface area contributed by atoms with Crippen LogP contribution in [0.15, 0.2) is 47.4 Å². The second kappa shape index (κ2) is 6.55. The number of hydrogen-bond acceptors (Lipinski definition) is 5. The molecule has 0 aliphatic heterocycles. The number of fused-ring (bicyclic) bond motifs is 1. The van der Waals surface area contributed by atoms with Gasteiger partial charge in [-0.05, 0) is 49.4 Å². The van der Waals surface area contributed by atoms with Crippen molar-refractivity contribution in [2.24, 2.45) is 0 Å². The first-order valence-corrected chi connectivity index (χ1v) is 9.74. The van der Waals surface area contributed by atoms with E-state index in [0.29, 0.717) is 11.3 Å². The lowest BCUT2D eigenvalue weighted by molar-refractivity contribution is 0.102. The summed E-state index contributed by atoms with van der Waals surface area (Å²) in [6, 6.07) is 11.4. The quantitative estimate of drug-likeness (QED) is 0.760. The Morgan fingerprint density at radius 1 is 1.12 bits per heavy atom. The fraction of sp³-hybridized carbons (Fsp3) is 0.176. The molecule has 3 rings (SSSR count). The van der Waals surface area contributed by atoms with E-state index in [1.807, 2.05) is 25.1 Å². The summed E-state index contributed by atoms with van der Waals surface area (Å²) in [5, 5.41) is 3.78. The molecule has 130 valence electrons. The highest BCUT2D eigenvalue weighted by atomic mass is 32.2. The number of amides is 1. The zero-order valence-electron chi connectivity index (χ0n) is 14.0. The molecule has 1 amide bonds. The number of rotatable bonds is 4. The van der Waals surface area contributed by atoms with Crippen LogP contribution in [0.1, 0.15) is 15.4 Å². The first kappa shape index (κ1) is 17.5. The van der Waals surface area contributed by atoms with Crippen LogP contribution in [0.4, 0.5) is 5.69 Å². The molecule has 0 unspecified atom stereocenters. The molecule has 0 spiro atoms. The van der Waals surface area contributed by atoms with Gasteiger partial charge in [-0.3, -0.25) is 4.79 Å². The highest BCUT2D eigenvalue weighted by Gasteiger charge is 2.17. The normalized spacial score (nSPS) is 11.8. The fourth-order valence-electron chi connectivity index (χ4n) is 2.31. The maximum atomic E-state index is 12.4. The Morgan fingerprint density at radius 2 is 1.80 bits per heavy atom. The number of aromatic nitrogens is 1. The molecule has 0 bridgehead atoms. The predicted octanol–water partition coefficient (Wildman–Crippen LogP) is 3.11. The lowest BCUT2D eigenvalue weighted by Crippen LogP contribution is -2.22. The summed E-state index contributed by atoms with van der Waals surface area (Å²) in [4.78, 5) is 16.9. The Bertz CT molecular complexity index is 1040. The van der Waals surface area contributed by atoms with E-state index in [1.54, 1.807) is 11.3 Å². The molecule has 3 aromatic rings. The van der Waals surface area contributed by atoms with Crippen LogP contribution in [-0.4, -0.2) is 37.7 Å². The van der Waals surface area contributed by atoms with Crippen molar-refractivity contribution in [1.82, 2.24) is 9.29 Å². The minimum Gasteiger partial charge on any atom is -0.322 e. The number of sulfonamides is 1. The molecular weight excluding hydrogens is 358 g/mol. The SMILES string of the molecule is Cc1nc2cc(NC(=O)c3ccc(S(=O)(=O)N(C)C)cc3)ccc2s1. The molecule has 0 fully saturated rings. The molecule has 0 atom stereocenters. The first-order chi connectivity index (χ1) is 11.8. The average molecular weight is 375 g/mol. The van der Waals surface area contributed by atoms with Crippen molar-refractivity contribution >= 4 is 43.2 Å². The van der Waals surface area contributed by atoms with E-state index in [4.69, 9.17) is 0 Å². The topological polar surface area (TPSA) is 79.4 Å². The lowest BCUT2D eigenvalue weighted by Gasteiger charge is -2.11. The molecule has 6 nitrogen and oxygen atoms in total. The van der Waals surface area contributed by atoms with Gasteiger partial charge in [0.05, 0.1) is 20.1 Å². The van der Waals surface area contributed by atoms with Crippen LogP contribution >= 0.6 is 11.3 Å². The molecule has 0 saturated carbocycles. The van der Waals surface area contributed by atoms with Gasteiger partial charge in [0, 0.05) is 25.3 Å². The summed E-state index contributed by atoms with van der Waals surface area (Å²) in [6.07, 6.45) is 0. The van der Waals surface area contributed by atoms with Gasteiger partial charge < -0.3 is 5.32 Å². The Hall–Kier alpha value is -2.29. The number of aryl methyl sites for hydroxylation is 1. The second-order valence-corrected chi connectivity index (χ2v) is 9.07. The predicted molar refractivity (Wildman–Crippen MR) is 99.6 cm³/mol. The zero-order valence-corrected chi connectivity index (χ0v) is 15.6. The van der Waals surface area contributed by atoms with Crippen molar-refractivity contribution in [3.05, 3.63) is 53.0 Å². The fourth-order valence-corrected chi connectivity index (χ4v) is 4.02. The van der Waals surface area contributed by atoms with E-state index in [2.05, 4.69) is 10.3 Å². The van der Waals surface area contributed by atoms with Crippen LogP contribution in [0.5, 0.6) is 0 Å². The third-order valence-corrected chi connectivity index (χ3v) is 6.43. The van der Waals surface area contributed by atoms with Crippen LogP contribution in [0.3, 0.4) is 0 Å². The number of hydrogen-bond donors (Lipinski definition) is 1. The molecule has 0 aliphatic carbocycles. The lowest BCUT2D eigenvalue weighted by atomic mass is 10.2. The van der Waals surface area contributed by atoms with Gasteiger partial charge in [0.1, 0.15) is 0 Å². The van der Waals surface area contributed by atoms with Crippen molar-refractivity contribution in [2.45, 2.75) is 11.8 Å². The molecule has 2 aromatic carbocycles. The van der Waals surface area contributed by atoms with Gasteiger partial charge in [0.15, 0.2) is 0 Å². The highest BCUT2D eigenvalue weighted by molar-refractivity contribution is 7.89. The number of anilines is 1. The Kier molecular flexibility index (Phi) is 4.59. The maximum Gasteiger partial charge on any atom is 0.255 e. The second-order valence-electron chi connectivity index (χ2n) is 5.68. The molecular formula is C17H17N3O3S2. The highest BCUT2D eigenvalue weighted by Crippen LogP contribution is 2.24. The van der Waals surface area contributed by atoms with Crippen LogP contribution in [0.25, 0.3) is 10.2 Å². The van der Waals surface area contributed by atoms with Crippen molar-refractivity contribution in [1.29, 1.82) is 0 Å². The number of nitrogens with one attached hydrogen (secondary N) is 1. The molecule has 0 aliphatic rings. The molecule has 8 heteroatoms. The summed E-state index contributed by atoms with van der Waals surface area (Å²) >= 11 is 1.60. The number of nitrogens with zero attached hydrogens (tertiary/aromatic N) is 2. The monoisotopic (exact) mass is 375 g/mol. The molecule has 0 saturated heterocycles. The van der Waals surface area contributed by atoms with Crippen LogP contribution in [-0.2, 0) is 10.0 Å². The van der Waals surface area contributed by atoms with Crippen molar-refractivity contribution in [2.75, 3.05) is 19.4 Å². The molecule has 1 N–H and O–H groups in total. The smallest absolute Gasteiger partial charge is 0.255 e. The Balaban J connectivity index is 1.80. The minimum atomic E-state index is -3.51. The largest absolute Gasteiger partial charge is 0.322 e. The van der Waals surface area contributed by atoms with Crippen LogP contribution < -0.4 is 5.32 Å². The van der Waals surface area contributed by atoms with Crippen molar-refractivity contribution in [3.8, 4) is 0 Å². The number of carbonyl (C=O) groups is 1. The summed E-state index contributed by atoms with van der Waals surface area (Å²) in [7, 11) is -0.577. The summed E-state index contributed by atoms with van der Waals surface area (Å²) in [5.41, 5.74) is 1.87. The standard InChI is InChI=1S/C17H17N3O3S2/c1-11-18-15-10-13(6-9-16(15)24-11)19-17(21)12-4-7-14(8-5-12)25(22,23)20(2)3/h4-10H,1-3H3,(H,19,21). The van der Waals surface area contributed by atoms with E-state index in [1.165, 1.54) is 38.4 Å². The van der Waals surface area contributed by atoms with Crippen LogP contribution in [0, 0.1) is 6.92 Å². The van der Waals surface area contributed by atoms with E-state index < -0.39 is 10.0 Å². The van der Waals surface area contributed by atoms with Gasteiger partial charge >= 0.3 is 0 Å². The molecule has 25 heavy (non-hydrogen) atoms. The van der Waals surface area contributed by atoms with Gasteiger partial charge in [0.2, 0.25) is 10.0 Å². The van der Waals surface area contributed by atoms with Gasteiger partial charge in [-0.1, -0.05) is 0 Å². The van der Waals surface area contributed by atoms with Crippen molar-refractivity contribution in [3.63, 3.8) is 0 Å². The van der Waals surface area contributed by atoms with Crippen molar-refractivity contribution < 1.29 is 13.2 Å². The average Bonchev–Trinajstić information content (AvgIpc) is 2.94. The minimum absolute atomic E-state index is 0.147. The van der Waals surface area contributed by atoms with Gasteiger partial charge in [0.25, 0.3) is 5.91 Å². The number of carbonyl (C=O) groups excluding carboxylic acids is 1. The molecule has 1 heterocycles. The summed E-state index contributed by atoms with van der Waals surface area (Å²) in [5.74, 6) is -0.305. The van der Waals surface area contributed by atoms with Crippen LogP contribution in [0.2, 0.25) is 0 Å². The van der Waals surface area contributed by atoms with Gasteiger partial charge in [-0.2, -0.15) is 0 Å². The van der Waals surface area contributed by atoms with E-state index in [9.17, 15) is 13.2 Å². The van der Waals surface area contributed by atoms with Gasteiger partial charge in [-0.15, -0.1) is 11.3 Å². The molecule has 1 aromatic heterocycles. The molecule has 0 radical (unpaired) electrons. The maximum absolute atomic E-state index is 12.4. The van der Waals surface area contributed by atoms with E-state index in [-0.39, 0.29) is 10.8 Å². The first-order valence-electron chi connectivity index (χ1n) is 7.48. The van der Waals surface area contributed by atoms with Gasteiger partial charge in [-0.25, -0.2) is 17.7 Å². The Labute approximate surface area is 150 Å². The zero-order chi connectivity index (χ0) is 18.2. The number of benzene rings is 2. The summed E-state index contributed by atoms with van der Waals surface area (Å²) in [6.45, 7) is 1.94. The summed E-state index contributed by atoms with van der Waals surface area (Å²) < 4.78 is 26.3. The third-order valence-electron chi connectivity index (χ3n) is 3.65. The van der Waals surface area contributed by atoms with E-state index in [0.717, 1.165) is 19.5 Å².